The first-order chi connectivity index (χ1) is 15.6. The van der Waals surface area contributed by atoms with Crippen LogP contribution in [0.4, 0.5) is 10.1 Å². The standard InChI is InChI=1S/C26H26FN5.H2S/c1-29(2)23-9-11-30(17-23)22-7-8-24-20(13-22)16-31-15-19(18-3-5-21(27)6-4-18)14-25(31)26-28-10-12-32(24)26;/h3-8,10,12-15,23H,9,11,16-17H2,1-2H3;1H2/t23-;/m0./s1. The number of nitrogens with zero attached hydrogens (tertiary/aromatic N) is 5. The van der Waals surface area contributed by atoms with Crippen LogP contribution in [0.25, 0.3) is 28.3 Å². The first-order valence-electron chi connectivity index (χ1n) is 11.1. The van der Waals surface area contributed by atoms with Gasteiger partial charge in [0.2, 0.25) is 0 Å². The normalized spacial score (nSPS) is 16.7. The Hall–Kier alpha value is -3.03. The molecule has 2 aliphatic heterocycles. The number of aromatic nitrogens is 3. The molecule has 2 aromatic heterocycles. The summed E-state index contributed by atoms with van der Waals surface area (Å²) in [5.74, 6) is 0.712. The van der Waals surface area contributed by atoms with Gasteiger partial charge < -0.3 is 14.4 Å². The molecule has 0 spiro atoms. The van der Waals surface area contributed by atoms with Crippen molar-refractivity contribution in [2.75, 3.05) is 32.1 Å². The molecule has 1 saturated heterocycles. The molecule has 0 bridgehead atoms. The smallest absolute Gasteiger partial charge is 0.161 e. The van der Waals surface area contributed by atoms with Crippen molar-refractivity contribution in [3.05, 3.63) is 78.5 Å². The summed E-state index contributed by atoms with van der Waals surface area (Å²) in [7, 11) is 4.33. The van der Waals surface area contributed by atoms with E-state index in [-0.39, 0.29) is 19.3 Å². The van der Waals surface area contributed by atoms with Gasteiger partial charge in [-0.25, -0.2) is 9.37 Å². The maximum Gasteiger partial charge on any atom is 0.161 e. The summed E-state index contributed by atoms with van der Waals surface area (Å²) in [6, 6.07) is 16.2. The van der Waals surface area contributed by atoms with Gasteiger partial charge in [-0.05, 0) is 68.0 Å². The predicted octanol–water partition coefficient (Wildman–Crippen LogP) is 4.76. The lowest BCUT2D eigenvalue weighted by Crippen LogP contribution is -2.31. The number of fused-ring (bicyclic) bond motifs is 5. The highest BCUT2D eigenvalue weighted by Crippen LogP contribution is 2.35. The zero-order valence-corrected chi connectivity index (χ0v) is 19.9. The number of anilines is 1. The van der Waals surface area contributed by atoms with Crippen molar-refractivity contribution in [1.29, 1.82) is 0 Å². The lowest BCUT2D eigenvalue weighted by molar-refractivity contribution is 0.315. The Morgan fingerprint density at radius 2 is 1.85 bits per heavy atom. The molecule has 4 aromatic rings. The second-order valence-corrected chi connectivity index (χ2v) is 9.03. The molecule has 1 fully saturated rings. The Morgan fingerprint density at radius 1 is 1.03 bits per heavy atom. The van der Waals surface area contributed by atoms with E-state index in [1.165, 1.54) is 35.5 Å². The Labute approximate surface area is 200 Å². The van der Waals surface area contributed by atoms with E-state index in [0.717, 1.165) is 42.3 Å². The Kier molecular flexibility index (Phi) is 5.54. The molecule has 0 amide bonds. The second-order valence-electron chi connectivity index (χ2n) is 9.03. The average Bonchev–Trinajstić information content (AvgIpc) is 3.53. The molecular weight excluding hydrogens is 433 g/mol. The molecule has 0 aliphatic carbocycles. The fraction of sp³-hybridized carbons (Fsp3) is 0.269. The van der Waals surface area contributed by atoms with Crippen molar-refractivity contribution in [1.82, 2.24) is 19.0 Å². The first kappa shape index (κ1) is 21.8. The Morgan fingerprint density at radius 3 is 2.61 bits per heavy atom. The molecule has 7 heteroatoms. The molecular formula is C26H28FN5S. The fourth-order valence-corrected chi connectivity index (χ4v) is 5.03. The van der Waals surface area contributed by atoms with E-state index in [1.807, 2.05) is 24.5 Å². The van der Waals surface area contributed by atoms with Crippen LogP contribution < -0.4 is 4.90 Å². The molecule has 4 heterocycles. The highest BCUT2D eigenvalue weighted by Gasteiger charge is 2.26. The summed E-state index contributed by atoms with van der Waals surface area (Å²) in [5.41, 5.74) is 6.88. The third kappa shape index (κ3) is 3.75. The number of hydrogen-bond donors (Lipinski definition) is 0. The molecule has 0 unspecified atom stereocenters. The monoisotopic (exact) mass is 461 g/mol. The molecule has 6 rings (SSSR count). The van der Waals surface area contributed by atoms with E-state index in [4.69, 9.17) is 0 Å². The summed E-state index contributed by atoms with van der Waals surface area (Å²) >= 11 is 0. The minimum atomic E-state index is -0.218. The number of hydrogen-bond acceptors (Lipinski definition) is 3. The van der Waals surface area contributed by atoms with Crippen LogP contribution in [0.1, 0.15) is 12.0 Å². The number of halogens is 1. The van der Waals surface area contributed by atoms with Crippen LogP contribution in [0.5, 0.6) is 0 Å². The number of imidazole rings is 1. The average molecular weight is 462 g/mol. The lowest BCUT2D eigenvalue weighted by atomic mass is 10.1. The van der Waals surface area contributed by atoms with Crippen molar-refractivity contribution < 1.29 is 4.39 Å². The van der Waals surface area contributed by atoms with Crippen LogP contribution in [0.3, 0.4) is 0 Å². The van der Waals surface area contributed by atoms with Gasteiger partial charge in [0.1, 0.15) is 5.82 Å². The van der Waals surface area contributed by atoms with E-state index in [0.29, 0.717) is 6.04 Å². The predicted molar refractivity (Wildman–Crippen MR) is 136 cm³/mol. The fourth-order valence-electron chi connectivity index (χ4n) is 5.03. The Balaban J connectivity index is 0.00000228. The van der Waals surface area contributed by atoms with Crippen molar-refractivity contribution in [3.63, 3.8) is 0 Å². The summed E-state index contributed by atoms with van der Waals surface area (Å²) < 4.78 is 17.9. The number of likely N-dealkylation sites (N-methyl/N-ethyl adjacent to an activating group) is 1. The van der Waals surface area contributed by atoms with Crippen molar-refractivity contribution in [2.45, 2.75) is 19.0 Å². The van der Waals surface area contributed by atoms with Crippen LogP contribution in [-0.4, -0.2) is 52.2 Å². The van der Waals surface area contributed by atoms with Gasteiger partial charge in [-0.15, -0.1) is 0 Å². The van der Waals surface area contributed by atoms with Gasteiger partial charge in [0, 0.05) is 55.5 Å². The van der Waals surface area contributed by atoms with Gasteiger partial charge in [0.15, 0.2) is 5.82 Å². The summed E-state index contributed by atoms with van der Waals surface area (Å²) in [5, 5.41) is 0. The van der Waals surface area contributed by atoms with Crippen LogP contribution >= 0.6 is 13.5 Å². The second kappa shape index (κ2) is 8.39. The molecule has 0 radical (unpaired) electrons. The SMILES string of the molecule is CN(C)[C@H]1CCN(c2ccc3c(c2)Cn2cc(-c4ccc(F)cc4)cc2-c2nccn2-3)C1.S. The largest absolute Gasteiger partial charge is 0.370 e. The molecule has 0 saturated carbocycles. The van der Waals surface area contributed by atoms with Crippen LogP contribution in [0, 0.1) is 5.82 Å². The van der Waals surface area contributed by atoms with Crippen molar-refractivity contribution in [2.24, 2.45) is 0 Å². The minimum Gasteiger partial charge on any atom is -0.370 e. The quantitative estimate of drug-likeness (QED) is 0.388. The topological polar surface area (TPSA) is 29.2 Å². The lowest BCUT2D eigenvalue weighted by Gasteiger charge is -2.23. The molecule has 33 heavy (non-hydrogen) atoms. The van der Waals surface area contributed by atoms with Gasteiger partial charge in [-0.2, -0.15) is 13.5 Å². The zero-order chi connectivity index (χ0) is 21.8. The highest BCUT2D eigenvalue weighted by atomic mass is 32.1. The van der Waals surface area contributed by atoms with Gasteiger partial charge in [0.25, 0.3) is 0 Å². The maximum atomic E-state index is 13.4. The van der Waals surface area contributed by atoms with Crippen LogP contribution in [0.15, 0.2) is 67.1 Å². The van der Waals surface area contributed by atoms with Crippen molar-refractivity contribution >= 4 is 19.2 Å². The maximum absolute atomic E-state index is 13.4. The number of benzene rings is 2. The van der Waals surface area contributed by atoms with Crippen LogP contribution in [0.2, 0.25) is 0 Å². The molecule has 2 aliphatic rings. The summed E-state index contributed by atoms with van der Waals surface area (Å²) in [4.78, 5) is 9.49. The third-order valence-electron chi connectivity index (χ3n) is 6.87. The number of rotatable bonds is 3. The van der Waals surface area contributed by atoms with E-state index in [1.54, 1.807) is 0 Å². The van der Waals surface area contributed by atoms with E-state index < -0.39 is 0 Å². The third-order valence-corrected chi connectivity index (χ3v) is 6.87. The molecule has 1 atom stereocenters. The van der Waals surface area contributed by atoms with Gasteiger partial charge in [0.05, 0.1) is 11.4 Å². The zero-order valence-electron chi connectivity index (χ0n) is 18.9. The van der Waals surface area contributed by atoms with Gasteiger partial charge in [-0.1, -0.05) is 12.1 Å². The van der Waals surface area contributed by atoms with Crippen molar-refractivity contribution in [3.8, 4) is 28.3 Å². The molecule has 0 N–H and O–H groups in total. The molecule has 170 valence electrons. The van der Waals surface area contributed by atoms with Crippen LogP contribution in [-0.2, 0) is 6.54 Å². The molecule has 5 nitrogen and oxygen atoms in total. The first-order valence-corrected chi connectivity index (χ1v) is 11.1. The summed E-state index contributed by atoms with van der Waals surface area (Å²) in [6.45, 7) is 2.92. The molecule has 2 aromatic carbocycles. The van der Waals surface area contributed by atoms with E-state index in [2.05, 4.69) is 68.5 Å². The van der Waals surface area contributed by atoms with E-state index >= 15 is 0 Å². The summed E-state index contributed by atoms with van der Waals surface area (Å²) in [6.07, 6.45) is 7.24. The van der Waals surface area contributed by atoms with Gasteiger partial charge in [-0.3, -0.25) is 4.57 Å². The highest BCUT2D eigenvalue weighted by molar-refractivity contribution is 7.59. The van der Waals surface area contributed by atoms with Gasteiger partial charge >= 0.3 is 0 Å². The van der Waals surface area contributed by atoms with E-state index in [9.17, 15) is 4.39 Å². The Bertz CT molecular complexity index is 1290. The minimum absolute atomic E-state index is 0.